The molecule has 6 nitrogen and oxygen atoms in total. The first-order valence-corrected chi connectivity index (χ1v) is 6.57. The van der Waals surface area contributed by atoms with Gasteiger partial charge in [0.25, 0.3) is 5.91 Å². The first kappa shape index (κ1) is 13.5. The van der Waals surface area contributed by atoms with Gasteiger partial charge in [0, 0.05) is 13.0 Å². The van der Waals surface area contributed by atoms with E-state index in [1.165, 1.54) is 0 Å². The highest BCUT2D eigenvalue weighted by Crippen LogP contribution is 2.08. The van der Waals surface area contributed by atoms with Crippen LogP contribution >= 0.6 is 12.2 Å². The summed E-state index contributed by atoms with van der Waals surface area (Å²) >= 11 is 5.08. The quantitative estimate of drug-likeness (QED) is 0.822. The van der Waals surface area contributed by atoms with E-state index in [4.69, 9.17) is 16.6 Å². The zero-order chi connectivity index (χ0) is 13.8. The second kappa shape index (κ2) is 5.83. The van der Waals surface area contributed by atoms with E-state index in [0.717, 1.165) is 12.2 Å². The fraction of sp³-hybridized carbons (Fsp3) is 0.417. The Morgan fingerprint density at radius 1 is 1.53 bits per heavy atom. The first-order valence-electron chi connectivity index (χ1n) is 6.16. The number of aromatic amines is 1. The van der Waals surface area contributed by atoms with Gasteiger partial charge < -0.3 is 14.3 Å². The van der Waals surface area contributed by atoms with Crippen molar-refractivity contribution in [1.29, 1.82) is 0 Å². The maximum Gasteiger partial charge on any atom is 0.287 e. The molecule has 2 heterocycles. The fourth-order valence-electron chi connectivity index (χ4n) is 1.75. The normalized spacial score (nSPS) is 10.6. The molecular formula is C12H16N4O2S. The minimum Gasteiger partial charge on any atom is -0.456 e. The number of rotatable bonds is 5. The molecule has 2 N–H and O–H groups in total. The van der Waals surface area contributed by atoms with Gasteiger partial charge in [0.2, 0.25) is 0 Å². The minimum absolute atomic E-state index is 0.253. The summed E-state index contributed by atoms with van der Waals surface area (Å²) in [5.41, 5.74) is 0. The minimum atomic E-state index is -0.253. The monoisotopic (exact) mass is 280 g/mol. The number of nitrogens with one attached hydrogen (secondary N) is 2. The Kier molecular flexibility index (Phi) is 4.16. The first-order chi connectivity index (χ1) is 9.15. The van der Waals surface area contributed by atoms with E-state index < -0.39 is 0 Å². The van der Waals surface area contributed by atoms with Crippen molar-refractivity contribution in [3.05, 3.63) is 34.2 Å². The van der Waals surface area contributed by atoms with Crippen LogP contribution in [0.3, 0.4) is 0 Å². The van der Waals surface area contributed by atoms with Crippen LogP contribution in [0.5, 0.6) is 0 Å². The van der Waals surface area contributed by atoms with Crippen molar-refractivity contribution in [2.75, 3.05) is 0 Å². The molecule has 2 aromatic rings. The van der Waals surface area contributed by atoms with Gasteiger partial charge in [0.05, 0.1) is 6.54 Å². The molecule has 0 radical (unpaired) electrons. The lowest BCUT2D eigenvalue weighted by atomic mass is 10.3. The molecule has 0 fully saturated rings. The molecule has 0 saturated heterocycles. The third kappa shape index (κ3) is 2.93. The number of carbonyl (C=O) groups is 1. The Morgan fingerprint density at radius 2 is 2.32 bits per heavy atom. The van der Waals surface area contributed by atoms with E-state index in [9.17, 15) is 4.79 Å². The molecule has 0 unspecified atom stereocenters. The molecule has 0 aliphatic carbocycles. The van der Waals surface area contributed by atoms with Gasteiger partial charge in [-0.2, -0.15) is 5.10 Å². The number of aryl methyl sites for hydroxylation is 1. The number of nitrogens with zero attached hydrogens (tertiary/aromatic N) is 2. The Bertz CT molecular complexity index is 626. The van der Waals surface area contributed by atoms with E-state index in [2.05, 4.69) is 15.5 Å². The molecule has 0 bridgehead atoms. The summed E-state index contributed by atoms with van der Waals surface area (Å²) in [6.45, 7) is 4.96. The second-order valence-corrected chi connectivity index (χ2v) is 4.38. The van der Waals surface area contributed by atoms with Crippen molar-refractivity contribution < 1.29 is 9.21 Å². The van der Waals surface area contributed by atoms with Crippen LogP contribution in [0.2, 0.25) is 0 Å². The lowest BCUT2D eigenvalue weighted by Crippen LogP contribution is -2.24. The largest absolute Gasteiger partial charge is 0.456 e. The van der Waals surface area contributed by atoms with E-state index in [1.807, 2.05) is 18.4 Å². The number of furan rings is 1. The number of hydrogen-bond donors (Lipinski definition) is 2. The van der Waals surface area contributed by atoms with Crippen molar-refractivity contribution in [3.63, 3.8) is 0 Å². The van der Waals surface area contributed by atoms with Crippen molar-refractivity contribution in [3.8, 4) is 0 Å². The molecule has 2 aromatic heterocycles. The zero-order valence-electron chi connectivity index (χ0n) is 10.9. The third-order valence-electron chi connectivity index (χ3n) is 2.79. The van der Waals surface area contributed by atoms with Gasteiger partial charge in [0.15, 0.2) is 16.4 Å². The molecule has 0 spiro atoms. The maximum absolute atomic E-state index is 11.9. The predicted molar refractivity (Wildman–Crippen MR) is 72.3 cm³/mol. The summed E-state index contributed by atoms with van der Waals surface area (Å²) in [5.74, 6) is 1.55. The molecule has 102 valence electrons. The summed E-state index contributed by atoms with van der Waals surface area (Å²) in [5, 5.41) is 9.54. The van der Waals surface area contributed by atoms with Crippen LogP contribution in [0.25, 0.3) is 0 Å². The Hall–Kier alpha value is -1.89. The molecule has 19 heavy (non-hydrogen) atoms. The molecule has 7 heteroatoms. The zero-order valence-corrected chi connectivity index (χ0v) is 11.7. The van der Waals surface area contributed by atoms with E-state index in [-0.39, 0.29) is 5.91 Å². The number of H-pyrrole nitrogens is 1. The van der Waals surface area contributed by atoms with E-state index >= 15 is 0 Å². The van der Waals surface area contributed by atoms with Crippen LogP contribution in [-0.4, -0.2) is 20.7 Å². The second-order valence-electron chi connectivity index (χ2n) is 3.99. The summed E-state index contributed by atoms with van der Waals surface area (Å²) in [6.07, 6.45) is 0.766. The average molecular weight is 280 g/mol. The number of carbonyl (C=O) groups excluding carboxylic acids is 1. The highest BCUT2D eigenvalue weighted by molar-refractivity contribution is 7.71. The molecule has 0 aliphatic rings. The maximum atomic E-state index is 11.9. The molecular weight excluding hydrogens is 264 g/mol. The highest BCUT2D eigenvalue weighted by atomic mass is 32.1. The Balaban J connectivity index is 2.02. The van der Waals surface area contributed by atoms with Crippen LogP contribution < -0.4 is 5.32 Å². The van der Waals surface area contributed by atoms with Crippen LogP contribution in [0.15, 0.2) is 16.5 Å². The summed E-state index contributed by atoms with van der Waals surface area (Å²) in [7, 11) is 0. The van der Waals surface area contributed by atoms with Crippen LogP contribution in [0.4, 0.5) is 0 Å². The van der Waals surface area contributed by atoms with Gasteiger partial charge in [-0.1, -0.05) is 6.92 Å². The van der Waals surface area contributed by atoms with Crippen LogP contribution in [0.1, 0.15) is 36.0 Å². The standard InChI is InChI=1S/C12H16N4O2S/c1-3-8-5-6-9(18-8)11(17)13-7-10-14-15-12(19)16(10)4-2/h5-6H,3-4,7H2,1-2H3,(H,13,17)(H,15,19). The van der Waals surface area contributed by atoms with Crippen LogP contribution in [0, 0.1) is 4.77 Å². The molecule has 2 rings (SSSR count). The van der Waals surface area contributed by atoms with Crippen molar-refractivity contribution >= 4 is 18.1 Å². The molecule has 0 aliphatic heterocycles. The molecule has 0 saturated carbocycles. The van der Waals surface area contributed by atoms with Gasteiger partial charge in [-0.15, -0.1) is 0 Å². The number of aromatic nitrogens is 3. The van der Waals surface area contributed by atoms with Gasteiger partial charge in [-0.25, -0.2) is 0 Å². The average Bonchev–Trinajstić information content (AvgIpc) is 3.02. The van der Waals surface area contributed by atoms with Gasteiger partial charge >= 0.3 is 0 Å². The van der Waals surface area contributed by atoms with Crippen molar-refractivity contribution in [2.45, 2.75) is 33.4 Å². The van der Waals surface area contributed by atoms with Crippen molar-refractivity contribution in [2.24, 2.45) is 0 Å². The Morgan fingerprint density at radius 3 is 2.95 bits per heavy atom. The SMILES string of the molecule is CCc1ccc(C(=O)NCc2n[nH]c(=S)n2CC)o1. The van der Waals surface area contributed by atoms with E-state index in [1.54, 1.807) is 12.1 Å². The number of amides is 1. The predicted octanol–water partition coefficient (Wildman–Crippen LogP) is 2.05. The van der Waals surface area contributed by atoms with Gasteiger partial charge in [-0.05, 0) is 31.3 Å². The van der Waals surface area contributed by atoms with Crippen molar-refractivity contribution in [1.82, 2.24) is 20.1 Å². The lowest BCUT2D eigenvalue weighted by Gasteiger charge is -2.04. The smallest absolute Gasteiger partial charge is 0.287 e. The van der Waals surface area contributed by atoms with Gasteiger partial charge in [0.1, 0.15) is 5.76 Å². The molecule has 0 aromatic carbocycles. The summed E-state index contributed by atoms with van der Waals surface area (Å²) in [4.78, 5) is 11.9. The summed E-state index contributed by atoms with van der Waals surface area (Å²) in [6, 6.07) is 3.47. The highest BCUT2D eigenvalue weighted by Gasteiger charge is 2.12. The lowest BCUT2D eigenvalue weighted by molar-refractivity contribution is 0.0920. The van der Waals surface area contributed by atoms with E-state index in [0.29, 0.717) is 29.4 Å². The Labute approximate surface area is 115 Å². The number of hydrogen-bond acceptors (Lipinski definition) is 4. The third-order valence-corrected chi connectivity index (χ3v) is 3.11. The van der Waals surface area contributed by atoms with Crippen LogP contribution in [-0.2, 0) is 19.5 Å². The molecule has 1 amide bonds. The topological polar surface area (TPSA) is 75.8 Å². The summed E-state index contributed by atoms with van der Waals surface area (Å²) < 4.78 is 7.76. The fourth-order valence-corrected chi connectivity index (χ4v) is 2.03. The molecule has 0 atom stereocenters. The van der Waals surface area contributed by atoms with Gasteiger partial charge in [-0.3, -0.25) is 9.89 Å².